The molecular formula is C14H10Br2N2O3. The second-order valence-corrected chi connectivity index (χ2v) is 5.99. The SMILES string of the molecule is Nc1ccc(C(=O)Nc2cc(Br)cc(C(=O)O)c2)cc1Br. The van der Waals surface area contributed by atoms with Gasteiger partial charge in [-0.15, -0.1) is 0 Å². The standard InChI is InChI=1S/C14H10Br2N2O3/c15-9-3-8(14(20)21)4-10(6-9)18-13(19)7-1-2-12(17)11(16)5-7/h1-6H,17H2,(H,18,19)(H,20,21). The van der Waals surface area contributed by atoms with Crippen LogP contribution in [-0.2, 0) is 0 Å². The van der Waals surface area contributed by atoms with Crippen molar-refractivity contribution in [1.82, 2.24) is 0 Å². The Morgan fingerprint density at radius 3 is 2.38 bits per heavy atom. The first kappa shape index (κ1) is 15.5. The summed E-state index contributed by atoms with van der Waals surface area (Å²) in [5, 5.41) is 11.6. The lowest BCUT2D eigenvalue weighted by Crippen LogP contribution is -2.12. The van der Waals surface area contributed by atoms with E-state index in [1.165, 1.54) is 12.1 Å². The van der Waals surface area contributed by atoms with Gasteiger partial charge in [0.1, 0.15) is 0 Å². The van der Waals surface area contributed by atoms with Crippen molar-refractivity contribution in [2.24, 2.45) is 0 Å². The van der Waals surface area contributed by atoms with E-state index in [1.54, 1.807) is 24.3 Å². The maximum absolute atomic E-state index is 12.1. The first-order valence-electron chi connectivity index (χ1n) is 5.77. The molecule has 0 radical (unpaired) electrons. The van der Waals surface area contributed by atoms with Gasteiger partial charge in [0.05, 0.1) is 5.56 Å². The van der Waals surface area contributed by atoms with E-state index in [9.17, 15) is 9.59 Å². The Kier molecular flexibility index (Phi) is 4.64. The van der Waals surface area contributed by atoms with Gasteiger partial charge >= 0.3 is 5.97 Å². The second kappa shape index (κ2) is 6.28. The van der Waals surface area contributed by atoms with Crippen LogP contribution in [0.25, 0.3) is 0 Å². The molecule has 0 aliphatic rings. The molecule has 0 unspecified atom stereocenters. The van der Waals surface area contributed by atoms with Gasteiger partial charge in [-0.2, -0.15) is 0 Å². The highest BCUT2D eigenvalue weighted by atomic mass is 79.9. The van der Waals surface area contributed by atoms with Crippen LogP contribution in [0.3, 0.4) is 0 Å². The molecular weight excluding hydrogens is 404 g/mol. The van der Waals surface area contributed by atoms with E-state index in [2.05, 4.69) is 37.2 Å². The molecule has 0 spiro atoms. The number of nitrogens with one attached hydrogen (secondary N) is 1. The number of nitrogens with two attached hydrogens (primary N) is 1. The minimum atomic E-state index is -1.07. The van der Waals surface area contributed by atoms with Gasteiger partial charge in [-0.1, -0.05) is 15.9 Å². The smallest absolute Gasteiger partial charge is 0.335 e. The molecule has 1 amide bonds. The number of rotatable bonds is 3. The average Bonchev–Trinajstić information content (AvgIpc) is 2.41. The first-order valence-corrected chi connectivity index (χ1v) is 7.35. The number of aromatic carboxylic acids is 1. The van der Waals surface area contributed by atoms with Gasteiger partial charge in [-0.3, -0.25) is 4.79 Å². The third-order valence-electron chi connectivity index (χ3n) is 2.67. The third-order valence-corrected chi connectivity index (χ3v) is 3.81. The van der Waals surface area contributed by atoms with Gasteiger partial charge in [-0.05, 0) is 52.3 Å². The topological polar surface area (TPSA) is 92.4 Å². The zero-order chi connectivity index (χ0) is 15.6. The lowest BCUT2D eigenvalue weighted by molar-refractivity contribution is 0.0696. The molecule has 2 aromatic carbocycles. The number of carbonyl (C=O) groups is 2. The van der Waals surface area contributed by atoms with Crippen LogP contribution in [0.2, 0.25) is 0 Å². The lowest BCUT2D eigenvalue weighted by Gasteiger charge is -2.08. The highest BCUT2D eigenvalue weighted by molar-refractivity contribution is 9.10. The number of nitrogen functional groups attached to an aromatic ring is 1. The molecule has 5 nitrogen and oxygen atoms in total. The van der Waals surface area contributed by atoms with E-state index in [4.69, 9.17) is 10.8 Å². The van der Waals surface area contributed by atoms with E-state index in [0.29, 0.717) is 25.9 Å². The minimum Gasteiger partial charge on any atom is -0.478 e. The molecule has 0 aromatic heterocycles. The number of benzene rings is 2. The molecule has 0 aliphatic heterocycles. The molecule has 0 aliphatic carbocycles. The van der Waals surface area contributed by atoms with Crippen LogP contribution in [-0.4, -0.2) is 17.0 Å². The predicted octanol–water partition coefficient (Wildman–Crippen LogP) is 3.74. The Bertz CT molecular complexity index is 732. The molecule has 108 valence electrons. The van der Waals surface area contributed by atoms with Crippen LogP contribution in [0, 0.1) is 0 Å². The van der Waals surface area contributed by atoms with Crippen molar-refractivity contribution in [3.8, 4) is 0 Å². The van der Waals surface area contributed by atoms with Gasteiger partial charge < -0.3 is 16.2 Å². The van der Waals surface area contributed by atoms with Gasteiger partial charge in [0.2, 0.25) is 0 Å². The summed E-state index contributed by atoms with van der Waals surface area (Å²) in [7, 11) is 0. The van der Waals surface area contributed by atoms with Crippen molar-refractivity contribution in [2.75, 3.05) is 11.1 Å². The Morgan fingerprint density at radius 1 is 1.05 bits per heavy atom. The number of carboxylic acids is 1. The Morgan fingerprint density at radius 2 is 1.76 bits per heavy atom. The number of carboxylic acid groups (broad SMARTS) is 1. The Hall–Kier alpha value is -1.86. The summed E-state index contributed by atoms with van der Waals surface area (Å²) in [5.74, 6) is -1.42. The van der Waals surface area contributed by atoms with Crippen LogP contribution < -0.4 is 11.1 Å². The molecule has 2 aromatic rings. The van der Waals surface area contributed by atoms with E-state index in [0.717, 1.165) is 0 Å². The third kappa shape index (κ3) is 3.83. The quantitative estimate of drug-likeness (QED) is 0.668. The zero-order valence-electron chi connectivity index (χ0n) is 10.6. The fourth-order valence-electron chi connectivity index (χ4n) is 1.66. The van der Waals surface area contributed by atoms with E-state index < -0.39 is 5.97 Å². The van der Waals surface area contributed by atoms with E-state index >= 15 is 0 Å². The molecule has 4 N–H and O–H groups in total. The maximum atomic E-state index is 12.1. The highest BCUT2D eigenvalue weighted by Crippen LogP contribution is 2.23. The van der Waals surface area contributed by atoms with Gasteiger partial charge in [0, 0.05) is 25.9 Å². The number of anilines is 2. The summed E-state index contributed by atoms with van der Waals surface area (Å²) in [6.07, 6.45) is 0. The summed E-state index contributed by atoms with van der Waals surface area (Å²) in [6.45, 7) is 0. The molecule has 0 saturated heterocycles. The average molecular weight is 414 g/mol. The molecule has 2 rings (SSSR count). The van der Waals surface area contributed by atoms with E-state index in [1.807, 2.05) is 0 Å². The van der Waals surface area contributed by atoms with Gasteiger partial charge in [0.25, 0.3) is 5.91 Å². The highest BCUT2D eigenvalue weighted by Gasteiger charge is 2.11. The van der Waals surface area contributed by atoms with Crippen molar-refractivity contribution in [3.63, 3.8) is 0 Å². The first-order chi connectivity index (χ1) is 9.86. The van der Waals surface area contributed by atoms with Gasteiger partial charge in [0.15, 0.2) is 0 Å². The molecule has 7 heteroatoms. The number of carbonyl (C=O) groups excluding carboxylic acids is 1. The van der Waals surface area contributed by atoms with Crippen molar-refractivity contribution in [3.05, 3.63) is 56.5 Å². The van der Waals surface area contributed by atoms with Crippen molar-refractivity contribution in [1.29, 1.82) is 0 Å². The Labute approximate surface area is 137 Å². The lowest BCUT2D eigenvalue weighted by atomic mass is 10.1. The van der Waals surface area contributed by atoms with Crippen molar-refractivity contribution in [2.45, 2.75) is 0 Å². The van der Waals surface area contributed by atoms with Crippen molar-refractivity contribution < 1.29 is 14.7 Å². The molecule has 0 saturated carbocycles. The number of hydrogen-bond acceptors (Lipinski definition) is 3. The van der Waals surface area contributed by atoms with Crippen LogP contribution in [0.4, 0.5) is 11.4 Å². The monoisotopic (exact) mass is 412 g/mol. The van der Waals surface area contributed by atoms with Crippen LogP contribution in [0.5, 0.6) is 0 Å². The fraction of sp³-hybridized carbons (Fsp3) is 0. The largest absolute Gasteiger partial charge is 0.478 e. The molecule has 0 bridgehead atoms. The molecule has 21 heavy (non-hydrogen) atoms. The number of halogens is 2. The summed E-state index contributed by atoms with van der Waals surface area (Å²) >= 11 is 6.46. The molecule has 0 fully saturated rings. The normalized spacial score (nSPS) is 10.2. The summed E-state index contributed by atoms with van der Waals surface area (Å²) in [6, 6.07) is 9.26. The molecule has 0 atom stereocenters. The maximum Gasteiger partial charge on any atom is 0.335 e. The number of hydrogen-bond donors (Lipinski definition) is 3. The summed E-state index contributed by atoms with van der Waals surface area (Å²) in [4.78, 5) is 23.1. The number of amides is 1. The van der Waals surface area contributed by atoms with Crippen LogP contribution >= 0.6 is 31.9 Å². The van der Waals surface area contributed by atoms with Crippen LogP contribution in [0.1, 0.15) is 20.7 Å². The zero-order valence-corrected chi connectivity index (χ0v) is 13.7. The van der Waals surface area contributed by atoms with E-state index in [-0.39, 0.29) is 11.5 Å². The van der Waals surface area contributed by atoms with Crippen LogP contribution in [0.15, 0.2) is 45.3 Å². The second-order valence-electron chi connectivity index (χ2n) is 4.22. The fourth-order valence-corrected chi connectivity index (χ4v) is 2.53. The summed E-state index contributed by atoms with van der Waals surface area (Å²) in [5.41, 5.74) is 7.07. The molecule has 0 heterocycles. The summed E-state index contributed by atoms with van der Waals surface area (Å²) < 4.78 is 1.19. The van der Waals surface area contributed by atoms with Crippen molar-refractivity contribution >= 4 is 55.1 Å². The Balaban J connectivity index is 2.27. The van der Waals surface area contributed by atoms with Gasteiger partial charge in [-0.25, -0.2) is 4.79 Å². The predicted molar refractivity (Wildman–Crippen MR) is 87.6 cm³/mol. The minimum absolute atomic E-state index is 0.0816.